The van der Waals surface area contributed by atoms with Gasteiger partial charge in [0.2, 0.25) is 0 Å². The molecule has 0 aliphatic rings. The van der Waals surface area contributed by atoms with Gasteiger partial charge in [-0.05, 0) is 30.7 Å². The lowest BCUT2D eigenvalue weighted by Gasteiger charge is -2.17. The molecule has 2 N–H and O–H groups in total. The van der Waals surface area contributed by atoms with E-state index < -0.39 is 16.9 Å². The average molecular weight is 419 g/mol. The number of benzene rings is 3. The number of hydrogen-bond acceptors (Lipinski definition) is 5. The van der Waals surface area contributed by atoms with Crippen molar-refractivity contribution < 1.29 is 19.2 Å². The van der Waals surface area contributed by atoms with Crippen LogP contribution in [0.3, 0.4) is 0 Å². The first kappa shape index (κ1) is 21.5. The van der Waals surface area contributed by atoms with Crippen molar-refractivity contribution >= 4 is 23.2 Å². The second-order valence-electron chi connectivity index (χ2n) is 6.69. The summed E-state index contributed by atoms with van der Waals surface area (Å²) in [5, 5.41) is 16.5. The topological polar surface area (TPSA) is 111 Å². The number of ether oxygens (including phenoxy) is 1. The maximum Gasteiger partial charge on any atom is 0.292 e. The SMILES string of the molecule is C[C@H](Oc1ccccc1C(=O)NCc1ccccc1)C(=O)Nc1ccccc1[N+](=O)[O-]. The molecule has 31 heavy (non-hydrogen) atoms. The van der Waals surface area contributed by atoms with Crippen LogP contribution in [0, 0.1) is 10.1 Å². The summed E-state index contributed by atoms with van der Waals surface area (Å²) in [6.07, 6.45) is -0.997. The van der Waals surface area contributed by atoms with E-state index in [1.807, 2.05) is 30.3 Å². The highest BCUT2D eigenvalue weighted by Gasteiger charge is 2.22. The Balaban J connectivity index is 1.68. The number of rotatable bonds is 8. The first-order chi connectivity index (χ1) is 15.0. The fourth-order valence-electron chi connectivity index (χ4n) is 2.85. The molecule has 0 aliphatic heterocycles. The zero-order valence-corrected chi connectivity index (χ0v) is 16.8. The van der Waals surface area contributed by atoms with E-state index in [1.165, 1.54) is 25.1 Å². The van der Waals surface area contributed by atoms with E-state index in [9.17, 15) is 19.7 Å². The molecule has 0 fully saturated rings. The van der Waals surface area contributed by atoms with Gasteiger partial charge in [-0.1, -0.05) is 54.6 Å². The number of nitrogens with zero attached hydrogens (tertiary/aromatic N) is 1. The third-order valence-corrected chi connectivity index (χ3v) is 4.46. The molecule has 3 aromatic carbocycles. The van der Waals surface area contributed by atoms with Crippen LogP contribution < -0.4 is 15.4 Å². The quantitative estimate of drug-likeness (QED) is 0.425. The summed E-state index contributed by atoms with van der Waals surface area (Å²) in [7, 11) is 0. The van der Waals surface area contributed by atoms with Gasteiger partial charge in [-0.2, -0.15) is 0 Å². The van der Waals surface area contributed by atoms with E-state index in [2.05, 4.69) is 10.6 Å². The van der Waals surface area contributed by atoms with Crippen LogP contribution in [-0.2, 0) is 11.3 Å². The fourth-order valence-corrected chi connectivity index (χ4v) is 2.85. The molecule has 1 atom stereocenters. The normalized spacial score (nSPS) is 11.3. The molecule has 0 aliphatic carbocycles. The van der Waals surface area contributed by atoms with E-state index in [1.54, 1.807) is 30.3 Å². The van der Waals surface area contributed by atoms with E-state index in [0.29, 0.717) is 6.54 Å². The van der Waals surface area contributed by atoms with Crippen molar-refractivity contribution in [1.29, 1.82) is 0 Å². The van der Waals surface area contributed by atoms with Crippen molar-refractivity contribution in [3.8, 4) is 5.75 Å². The molecule has 0 radical (unpaired) electrons. The molecule has 0 spiro atoms. The number of hydrogen-bond donors (Lipinski definition) is 2. The van der Waals surface area contributed by atoms with E-state index in [0.717, 1.165) is 5.56 Å². The minimum atomic E-state index is -0.997. The average Bonchev–Trinajstić information content (AvgIpc) is 2.78. The van der Waals surface area contributed by atoms with Gasteiger partial charge in [0.1, 0.15) is 11.4 Å². The smallest absolute Gasteiger partial charge is 0.292 e. The molecule has 3 rings (SSSR count). The van der Waals surface area contributed by atoms with Gasteiger partial charge in [-0.25, -0.2) is 0 Å². The highest BCUT2D eigenvalue weighted by molar-refractivity contribution is 5.98. The minimum absolute atomic E-state index is 0.0711. The number of nitro groups is 1. The molecule has 0 heterocycles. The van der Waals surface area contributed by atoms with E-state index in [4.69, 9.17) is 4.74 Å². The van der Waals surface area contributed by atoms with Crippen LogP contribution in [0.5, 0.6) is 5.75 Å². The number of para-hydroxylation sites is 3. The summed E-state index contributed by atoms with van der Waals surface area (Å²) < 4.78 is 5.71. The van der Waals surface area contributed by atoms with Crippen molar-refractivity contribution in [2.75, 3.05) is 5.32 Å². The molecule has 0 unspecified atom stereocenters. The van der Waals surface area contributed by atoms with Crippen LogP contribution in [0.4, 0.5) is 11.4 Å². The first-order valence-corrected chi connectivity index (χ1v) is 9.58. The molecular weight excluding hydrogens is 398 g/mol. The minimum Gasteiger partial charge on any atom is -0.480 e. The summed E-state index contributed by atoms with van der Waals surface area (Å²) in [6, 6.07) is 21.9. The van der Waals surface area contributed by atoms with Gasteiger partial charge >= 0.3 is 0 Å². The molecule has 0 saturated carbocycles. The van der Waals surface area contributed by atoms with Crippen LogP contribution in [0.15, 0.2) is 78.9 Å². The largest absolute Gasteiger partial charge is 0.480 e. The molecule has 0 saturated heterocycles. The summed E-state index contributed by atoms with van der Waals surface area (Å²) >= 11 is 0. The van der Waals surface area contributed by atoms with Crippen molar-refractivity contribution in [1.82, 2.24) is 5.32 Å². The van der Waals surface area contributed by atoms with Crippen LogP contribution in [0.2, 0.25) is 0 Å². The van der Waals surface area contributed by atoms with Crippen molar-refractivity contribution in [3.63, 3.8) is 0 Å². The van der Waals surface area contributed by atoms with Crippen molar-refractivity contribution in [3.05, 3.63) is 100 Å². The van der Waals surface area contributed by atoms with Gasteiger partial charge in [0, 0.05) is 12.6 Å². The van der Waals surface area contributed by atoms with Gasteiger partial charge < -0.3 is 15.4 Å². The summed E-state index contributed by atoms with van der Waals surface area (Å²) in [6.45, 7) is 1.85. The molecular formula is C23H21N3O5. The van der Waals surface area contributed by atoms with E-state index in [-0.39, 0.29) is 28.6 Å². The number of nitrogens with one attached hydrogen (secondary N) is 2. The highest BCUT2D eigenvalue weighted by atomic mass is 16.6. The maximum absolute atomic E-state index is 12.6. The number of carbonyl (C=O) groups excluding carboxylic acids is 2. The monoisotopic (exact) mass is 419 g/mol. The summed E-state index contributed by atoms with van der Waals surface area (Å²) in [4.78, 5) is 35.7. The lowest BCUT2D eigenvalue weighted by molar-refractivity contribution is -0.383. The Kier molecular flexibility index (Phi) is 6.95. The zero-order valence-electron chi connectivity index (χ0n) is 16.8. The predicted molar refractivity (Wildman–Crippen MR) is 116 cm³/mol. The fraction of sp³-hybridized carbons (Fsp3) is 0.130. The Morgan fingerprint density at radius 1 is 0.968 bits per heavy atom. The second-order valence-corrected chi connectivity index (χ2v) is 6.69. The molecule has 158 valence electrons. The standard InChI is InChI=1S/C23H21N3O5/c1-16(22(27)25-19-12-6-7-13-20(19)26(29)30)31-21-14-8-5-11-18(21)23(28)24-15-17-9-3-2-4-10-17/h2-14,16H,15H2,1H3,(H,24,28)(H,25,27)/t16-/m0/s1. The molecule has 0 bridgehead atoms. The van der Waals surface area contributed by atoms with Gasteiger partial charge in [0.25, 0.3) is 17.5 Å². The maximum atomic E-state index is 12.6. The third kappa shape index (κ3) is 5.66. The summed E-state index contributed by atoms with van der Waals surface area (Å²) in [5.74, 6) is -0.683. The van der Waals surface area contributed by atoms with Gasteiger partial charge in [0.05, 0.1) is 10.5 Å². The highest BCUT2D eigenvalue weighted by Crippen LogP contribution is 2.24. The van der Waals surface area contributed by atoms with Crippen molar-refractivity contribution in [2.45, 2.75) is 19.6 Å². The van der Waals surface area contributed by atoms with Gasteiger partial charge in [-0.3, -0.25) is 19.7 Å². The molecule has 2 amide bonds. The Morgan fingerprint density at radius 3 is 2.35 bits per heavy atom. The van der Waals surface area contributed by atoms with Crippen molar-refractivity contribution in [2.24, 2.45) is 0 Å². The number of carbonyl (C=O) groups is 2. The van der Waals surface area contributed by atoms with Crippen LogP contribution in [-0.4, -0.2) is 22.8 Å². The van der Waals surface area contributed by atoms with Crippen LogP contribution in [0.25, 0.3) is 0 Å². The van der Waals surface area contributed by atoms with E-state index >= 15 is 0 Å². The lowest BCUT2D eigenvalue weighted by Crippen LogP contribution is -2.31. The molecule has 0 aromatic heterocycles. The summed E-state index contributed by atoms with van der Waals surface area (Å²) in [5.41, 5.74) is 1.08. The third-order valence-electron chi connectivity index (χ3n) is 4.46. The molecule has 8 nitrogen and oxygen atoms in total. The molecule has 3 aromatic rings. The zero-order chi connectivity index (χ0) is 22.2. The lowest BCUT2D eigenvalue weighted by atomic mass is 10.1. The molecule has 8 heteroatoms. The van der Waals surface area contributed by atoms with Gasteiger partial charge in [-0.15, -0.1) is 0 Å². The number of amides is 2. The number of anilines is 1. The predicted octanol–water partition coefficient (Wildman–Crippen LogP) is 3.93. The first-order valence-electron chi connectivity index (χ1n) is 9.58. The Morgan fingerprint density at radius 2 is 1.61 bits per heavy atom. The Bertz CT molecular complexity index is 1090. The van der Waals surface area contributed by atoms with Crippen LogP contribution in [0.1, 0.15) is 22.8 Å². The van der Waals surface area contributed by atoms with Gasteiger partial charge in [0.15, 0.2) is 6.10 Å². The Labute approximate surface area is 179 Å². The van der Waals surface area contributed by atoms with Crippen LogP contribution >= 0.6 is 0 Å². The second kappa shape index (κ2) is 10.0. The number of nitro benzene ring substituents is 1. The Hall–Kier alpha value is -4.20.